The topological polar surface area (TPSA) is 81.5 Å². The number of carbonyl (C=O) groups is 1. The maximum Gasteiger partial charge on any atom is 0.313 e. The Bertz CT molecular complexity index is 1070. The predicted octanol–water partition coefficient (Wildman–Crippen LogP) is 3.36. The van der Waals surface area contributed by atoms with Crippen LogP contribution in [0.2, 0.25) is 0 Å². The fraction of sp³-hybridized carbons (Fsp3) is 0.458. The lowest BCUT2D eigenvalue weighted by Gasteiger charge is -2.37. The Balaban J connectivity index is 1.61. The van der Waals surface area contributed by atoms with Crippen molar-refractivity contribution in [2.45, 2.75) is 47.1 Å². The van der Waals surface area contributed by atoms with Crippen LogP contribution >= 0.6 is 0 Å². The smallest absolute Gasteiger partial charge is 0.313 e. The number of ether oxygens (including phenoxy) is 2. The number of hydrogen-bond acceptors (Lipinski definition) is 7. The normalized spacial score (nSPS) is 16.9. The minimum Gasteiger partial charge on any atom is -0.471 e. The van der Waals surface area contributed by atoms with Gasteiger partial charge in [0, 0.05) is 43.5 Å². The van der Waals surface area contributed by atoms with Crippen LogP contribution in [0.4, 0.5) is 5.69 Å². The summed E-state index contributed by atoms with van der Waals surface area (Å²) in [5.74, 6) is 0.345. The Hall–Kier alpha value is -3.13. The summed E-state index contributed by atoms with van der Waals surface area (Å²) in [4.78, 5) is 23.8. The molecule has 1 atom stereocenters. The van der Waals surface area contributed by atoms with Crippen LogP contribution in [0.1, 0.15) is 33.4 Å². The molecule has 0 aromatic carbocycles. The second-order valence-electron chi connectivity index (χ2n) is 8.94. The van der Waals surface area contributed by atoms with Gasteiger partial charge in [-0.1, -0.05) is 6.07 Å². The first-order chi connectivity index (χ1) is 15.4. The zero-order valence-electron chi connectivity index (χ0n) is 19.2. The fourth-order valence-corrected chi connectivity index (χ4v) is 3.67. The quantitative estimate of drug-likeness (QED) is 0.592. The Morgan fingerprint density at radius 1 is 1.25 bits per heavy atom. The number of esters is 1. The van der Waals surface area contributed by atoms with Crippen molar-refractivity contribution in [1.29, 1.82) is 0 Å². The lowest BCUT2D eigenvalue weighted by atomic mass is 9.97. The van der Waals surface area contributed by atoms with E-state index in [2.05, 4.69) is 32.9 Å². The third-order valence-corrected chi connectivity index (χ3v) is 5.47. The zero-order chi connectivity index (χ0) is 22.7. The number of pyridine rings is 2. The summed E-state index contributed by atoms with van der Waals surface area (Å²) in [5.41, 5.74) is 2.16. The number of rotatable bonds is 6. The molecular weight excluding hydrogens is 406 g/mol. The number of nitrogens with one attached hydrogen (secondary N) is 1. The standard InChI is InChI=1S/C24H31N5O3/c1-5-28-15-19(29-13-12-25-14-21(29)32-23(30)24(2,3)4)18-9-10-20(27-22(18)28)31-16-17-8-6-7-11-26-17/h6-11,15,21,25H,5,12-14,16H2,1-4H3. The van der Waals surface area contributed by atoms with Crippen LogP contribution in [0, 0.1) is 5.41 Å². The highest BCUT2D eigenvalue weighted by Gasteiger charge is 2.32. The molecule has 0 aliphatic carbocycles. The maximum absolute atomic E-state index is 12.6. The summed E-state index contributed by atoms with van der Waals surface area (Å²) in [7, 11) is 0. The molecule has 0 amide bonds. The monoisotopic (exact) mass is 437 g/mol. The summed E-state index contributed by atoms with van der Waals surface area (Å²) in [6.07, 6.45) is 3.47. The van der Waals surface area contributed by atoms with Gasteiger partial charge in [0.1, 0.15) is 12.3 Å². The van der Waals surface area contributed by atoms with E-state index in [4.69, 9.17) is 14.5 Å². The minimum absolute atomic E-state index is 0.209. The Labute approximate surface area is 188 Å². The number of hydrogen-bond donors (Lipinski definition) is 1. The van der Waals surface area contributed by atoms with E-state index in [1.807, 2.05) is 51.1 Å². The number of carbonyl (C=O) groups excluding carboxylic acids is 1. The maximum atomic E-state index is 12.6. The molecule has 0 radical (unpaired) electrons. The van der Waals surface area contributed by atoms with E-state index in [-0.39, 0.29) is 12.2 Å². The molecule has 1 N–H and O–H groups in total. The van der Waals surface area contributed by atoms with Crippen LogP contribution in [0.15, 0.2) is 42.7 Å². The Morgan fingerprint density at radius 3 is 2.81 bits per heavy atom. The molecule has 1 saturated heterocycles. The molecule has 0 bridgehead atoms. The van der Waals surface area contributed by atoms with Gasteiger partial charge in [-0.2, -0.15) is 4.98 Å². The first kappa shape index (κ1) is 22.1. The van der Waals surface area contributed by atoms with Crippen molar-refractivity contribution >= 4 is 22.7 Å². The molecule has 8 heteroatoms. The fourth-order valence-electron chi connectivity index (χ4n) is 3.67. The molecule has 4 heterocycles. The molecule has 3 aromatic rings. The average Bonchev–Trinajstić information content (AvgIpc) is 3.16. The molecule has 170 valence electrons. The molecule has 0 spiro atoms. The van der Waals surface area contributed by atoms with Gasteiger partial charge in [0.05, 0.1) is 23.3 Å². The average molecular weight is 438 g/mol. The van der Waals surface area contributed by atoms with Gasteiger partial charge in [-0.05, 0) is 45.9 Å². The van der Waals surface area contributed by atoms with Crippen molar-refractivity contribution in [3.8, 4) is 5.88 Å². The Morgan fingerprint density at radius 2 is 2.09 bits per heavy atom. The number of aryl methyl sites for hydroxylation is 1. The van der Waals surface area contributed by atoms with Gasteiger partial charge in [-0.15, -0.1) is 0 Å². The second-order valence-corrected chi connectivity index (χ2v) is 8.94. The predicted molar refractivity (Wildman–Crippen MR) is 124 cm³/mol. The summed E-state index contributed by atoms with van der Waals surface area (Å²) in [6.45, 7) is 11.0. The van der Waals surface area contributed by atoms with E-state index in [9.17, 15) is 4.79 Å². The van der Waals surface area contributed by atoms with Gasteiger partial charge in [0.2, 0.25) is 5.88 Å². The zero-order valence-corrected chi connectivity index (χ0v) is 19.2. The molecule has 1 aliphatic rings. The summed E-state index contributed by atoms with van der Waals surface area (Å²) >= 11 is 0. The number of aromatic nitrogens is 3. The molecule has 1 fully saturated rings. The number of fused-ring (bicyclic) bond motifs is 1. The third kappa shape index (κ3) is 4.70. The Kier molecular flexibility index (Phi) is 6.32. The molecule has 3 aromatic heterocycles. The van der Waals surface area contributed by atoms with Crippen LogP contribution in [-0.4, -0.2) is 46.4 Å². The van der Waals surface area contributed by atoms with Gasteiger partial charge in [-0.3, -0.25) is 9.78 Å². The number of nitrogens with zero attached hydrogens (tertiary/aromatic N) is 4. The summed E-state index contributed by atoms with van der Waals surface area (Å²) < 4.78 is 13.9. The first-order valence-electron chi connectivity index (χ1n) is 11.1. The van der Waals surface area contributed by atoms with Crippen LogP contribution < -0.4 is 15.0 Å². The summed E-state index contributed by atoms with van der Waals surface area (Å²) in [6, 6.07) is 9.66. The van der Waals surface area contributed by atoms with E-state index in [0.29, 0.717) is 19.0 Å². The molecule has 32 heavy (non-hydrogen) atoms. The largest absolute Gasteiger partial charge is 0.471 e. The summed E-state index contributed by atoms with van der Waals surface area (Å²) in [5, 5.41) is 4.34. The van der Waals surface area contributed by atoms with Gasteiger partial charge in [-0.25, -0.2) is 0 Å². The number of piperazine rings is 1. The molecule has 1 aliphatic heterocycles. The highest BCUT2D eigenvalue weighted by molar-refractivity contribution is 5.92. The lowest BCUT2D eigenvalue weighted by molar-refractivity contribution is -0.158. The van der Waals surface area contributed by atoms with E-state index >= 15 is 0 Å². The van der Waals surface area contributed by atoms with Crippen molar-refractivity contribution < 1.29 is 14.3 Å². The van der Waals surface area contributed by atoms with Crippen LogP contribution in [0.5, 0.6) is 5.88 Å². The van der Waals surface area contributed by atoms with Gasteiger partial charge < -0.3 is 24.3 Å². The van der Waals surface area contributed by atoms with Crippen molar-refractivity contribution in [3.63, 3.8) is 0 Å². The molecule has 4 rings (SSSR count). The highest BCUT2D eigenvalue weighted by atomic mass is 16.6. The molecule has 8 nitrogen and oxygen atoms in total. The first-order valence-corrected chi connectivity index (χ1v) is 11.1. The van der Waals surface area contributed by atoms with Crippen LogP contribution in [0.3, 0.4) is 0 Å². The minimum atomic E-state index is -0.554. The van der Waals surface area contributed by atoms with E-state index in [1.165, 1.54) is 0 Å². The van der Waals surface area contributed by atoms with Crippen LogP contribution in [-0.2, 0) is 22.7 Å². The highest BCUT2D eigenvalue weighted by Crippen LogP contribution is 2.32. The van der Waals surface area contributed by atoms with Gasteiger partial charge in [0.15, 0.2) is 6.23 Å². The van der Waals surface area contributed by atoms with E-state index in [0.717, 1.165) is 42.0 Å². The number of anilines is 1. The van der Waals surface area contributed by atoms with Crippen molar-refractivity contribution in [2.24, 2.45) is 5.41 Å². The van der Waals surface area contributed by atoms with E-state index < -0.39 is 5.41 Å². The van der Waals surface area contributed by atoms with Crippen molar-refractivity contribution in [1.82, 2.24) is 19.9 Å². The third-order valence-electron chi connectivity index (χ3n) is 5.47. The molecular formula is C24H31N5O3. The van der Waals surface area contributed by atoms with E-state index in [1.54, 1.807) is 6.20 Å². The van der Waals surface area contributed by atoms with Gasteiger partial charge in [0.25, 0.3) is 0 Å². The van der Waals surface area contributed by atoms with Crippen LogP contribution in [0.25, 0.3) is 11.0 Å². The van der Waals surface area contributed by atoms with Crippen molar-refractivity contribution in [3.05, 3.63) is 48.4 Å². The second kappa shape index (κ2) is 9.16. The SMILES string of the molecule is CCn1cc(N2CCNCC2OC(=O)C(C)(C)C)c2ccc(OCc3ccccn3)nc21. The van der Waals surface area contributed by atoms with Crippen molar-refractivity contribution in [2.75, 3.05) is 24.5 Å². The molecule has 0 saturated carbocycles. The molecule has 1 unspecified atom stereocenters. The lowest BCUT2D eigenvalue weighted by Crippen LogP contribution is -2.54. The van der Waals surface area contributed by atoms with Gasteiger partial charge >= 0.3 is 5.97 Å².